The zero-order chi connectivity index (χ0) is 16.3. The van der Waals surface area contributed by atoms with Crippen molar-refractivity contribution in [3.05, 3.63) is 65.7 Å². The van der Waals surface area contributed by atoms with Gasteiger partial charge >= 0.3 is 12.1 Å². The molecule has 0 saturated heterocycles. The highest BCUT2D eigenvalue weighted by atomic mass is 19.4. The standard InChI is InChI=1S/C17H13F3O2/c1-3-11-7-8-15(17(18,19)20)14(9-11)12-5-4-6-13(10-12)16(21)22-2/h3-10H,1H2,2H3. The first-order chi connectivity index (χ1) is 10.4. The Balaban J connectivity index is 2.65. The van der Waals surface area contributed by atoms with Crippen molar-refractivity contribution in [3.63, 3.8) is 0 Å². The first kappa shape index (κ1) is 15.8. The van der Waals surface area contributed by atoms with E-state index in [9.17, 15) is 18.0 Å². The molecule has 2 nitrogen and oxygen atoms in total. The molecular weight excluding hydrogens is 293 g/mol. The number of methoxy groups -OCH3 is 1. The maximum Gasteiger partial charge on any atom is 0.417 e. The van der Waals surface area contributed by atoms with Crippen LogP contribution < -0.4 is 0 Å². The van der Waals surface area contributed by atoms with E-state index >= 15 is 0 Å². The van der Waals surface area contributed by atoms with Crippen LogP contribution in [0.4, 0.5) is 13.2 Å². The first-order valence-corrected chi connectivity index (χ1v) is 6.39. The van der Waals surface area contributed by atoms with E-state index in [-0.39, 0.29) is 11.1 Å². The van der Waals surface area contributed by atoms with Crippen LogP contribution in [0.15, 0.2) is 49.0 Å². The third-order valence-electron chi connectivity index (χ3n) is 3.18. The molecule has 0 fully saturated rings. The molecular formula is C17H13F3O2. The number of carbonyl (C=O) groups is 1. The summed E-state index contributed by atoms with van der Waals surface area (Å²) in [5.41, 5.74) is 0.276. The van der Waals surface area contributed by atoms with Crippen molar-refractivity contribution in [1.82, 2.24) is 0 Å². The SMILES string of the molecule is C=Cc1ccc(C(F)(F)F)c(-c2cccc(C(=O)OC)c2)c1. The fourth-order valence-electron chi connectivity index (χ4n) is 2.11. The molecule has 0 unspecified atom stereocenters. The summed E-state index contributed by atoms with van der Waals surface area (Å²) in [5.74, 6) is -0.602. The Bertz CT molecular complexity index is 718. The number of benzene rings is 2. The van der Waals surface area contributed by atoms with Gasteiger partial charge in [-0.2, -0.15) is 13.2 Å². The topological polar surface area (TPSA) is 26.3 Å². The number of rotatable bonds is 3. The molecule has 0 saturated carbocycles. The number of esters is 1. The van der Waals surface area contributed by atoms with Crippen LogP contribution in [0.25, 0.3) is 17.2 Å². The Morgan fingerprint density at radius 1 is 1.18 bits per heavy atom. The lowest BCUT2D eigenvalue weighted by Crippen LogP contribution is -2.08. The second-order valence-corrected chi connectivity index (χ2v) is 4.58. The number of hydrogen-bond acceptors (Lipinski definition) is 2. The van der Waals surface area contributed by atoms with Gasteiger partial charge in [0.15, 0.2) is 0 Å². The summed E-state index contributed by atoms with van der Waals surface area (Å²) < 4.78 is 44.1. The maximum atomic E-state index is 13.2. The zero-order valence-corrected chi connectivity index (χ0v) is 11.8. The second kappa shape index (κ2) is 6.05. The molecule has 22 heavy (non-hydrogen) atoms. The second-order valence-electron chi connectivity index (χ2n) is 4.58. The van der Waals surface area contributed by atoms with Crippen molar-refractivity contribution in [3.8, 4) is 11.1 Å². The minimum Gasteiger partial charge on any atom is -0.465 e. The highest BCUT2D eigenvalue weighted by molar-refractivity contribution is 5.91. The van der Waals surface area contributed by atoms with Gasteiger partial charge in [-0.15, -0.1) is 0 Å². The number of carbonyl (C=O) groups excluding carboxylic acids is 1. The van der Waals surface area contributed by atoms with E-state index in [0.717, 1.165) is 6.07 Å². The quantitative estimate of drug-likeness (QED) is 0.761. The van der Waals surface area contributed by atoms with Crippen molar-refractivity contribution >= 4 is 12.0 Å². The summed E-state index contributed by atoms with van der Waals surface area (Å²) in [6.07, 6.45) is -3.02. The lowest BCUT2D eigenvalue weighted by molar-refractivity contribution is -0.137. The zero-order valence-electron chi connectivity index (χ0n) is 11.8. The lowest BCUT2D eigenvalue weighted by Gasteiger charge is -2.14. The molecule has 0 spiro atoms. The molecule has 0 aliphatic rings. The summed E-state index contributed by atoms with van der Waals surface area (Å²) in [6.45, 7) is 3.56. The Morgan fingerprint density at radius 2 is 1.91 bits per heavy atom. The summed E-state index contributed by atoms with van der Waals surface area (Å²) in [7, 11) is 1.22. The highest BCUT2D eigenvalue weighted by Crippen LogP contribution is 2.38. The molecule has 0 N–H and O–H groups in total. The summed E-state index contributed by atoms with van der Waals surface area (Å²) in [6, 6.07) is 9.66. The van der Waals surface area contributed by atoms with Crippen LogP contribution >= 0.6 is 0 Å². The molecule has 0 atom stereocenters. The average Bonchev–Trinajstić information content (AvgIpc) is 2.52. The maximum absolute atomic E-state index is 13.2. The molecule has 0 heterocycles. The van der Waals surface area contributed by atoms with Gasteiger partial charge in [0.2, 0.25) is 0 Å². The number of alkyl halides is 3. The van der Waals surface area contributed by atoms with Crippen LogP contribution in [0.3, 0.4) is 0 Å². The molecule has 0 amide bonds. The van der Waals surface area contributed by atoms with Gasteiger partial charge in [0.05, 0.1) is 18.2 Å². The highest BCUT2D eigenvalue weighted by Gasteiger charge is 2.33. The average molecular weight is 306 g/mol. The predicted molar refractivity (Wildman–Crippen MR) is 78.3 cm³/mol. The van der Waals surface area contributed by atoms with Crippen molar-refractivity contribution in [2.45, 2.75) is 6.18 Å². The van der Waals surface area contributed by atoms with Crippen molar-refractivity contribution < 1.29 is 22.7 Å². The van der Waals surface area contributed by atoms with Crippen LogP contribution in [-0.4, -0.2) is 13.1 Å². The third kappa shape index (κ3) is 3.19. The van der Waals surface area contributed by atoms with E-state index in [0.29, 0.717) is 11.1 Å². The van der Waals surface area contributed by atoms with Crippen LogP contribution in [0.2, 0.25) is 0 Å². The number of halogens is 3. The molecule has 0 radical (unpaired) electrons. The summed E-state index contributed by atoms with van der Waals surface area (Å²) in [5, 5.41) is 0. The van der Waals surface area contributed by atoms with E-state index in [1.807, 2.05) is 0 Å². The Labute approximate surface area is 125 Å². The van der Waals surface area contributed by atoms with Gasteiger partial charge < -0.3 is 4.74 Å². The van der Waals surface area contributed by atoms with Gasteiger partial charge in [-0.3, -0.25) is 0 Å². The van der Waals surface area contributed by atoms with Crippen LogP contribution in [0.1, 0.15) is 21.5 Å². The van der Waals surface area contributed by atoms with Crippen molar-refractivity contribution in [2.75, 3.05) is 7.11 Å². The first-order valence-electron chi connectivity index (χ1n) is 6.39. The lowest BCUT2D eigenvalue weighted by atomic mass is 9.95. The van der Waals surface area contributed by atoms with E-state index in [1.54, 1.807) is 0 Å². The van der Waals surface area contributed by atoms with Gasteiger partial charge in [0.1, 0.15) is 0 Å². The van der Waals surface area contributed by atoms with Gasteiger partial charge in [0.25, 0.3) is 0 Å². The smallest absolute Gasteiger partial charge is 0.417 e. The van der Waals surface area contributed by atoms with E-state index in [2.05, 4.69) is 11.3 Å². The minimum absolute atomic E-state index is 0.00402. The van der Waals surface area contributed by atoms with E-state index < -0.39 is 17.7 Å². The molecule has 2 aromatic rings. The molecule has 0 bridgehead atoms. The summed E-state index contributed by atoms with van der Waals surface area (Å²) >= 11 is 0. The van der Waals surface area contributed by atoms with Crippen molar-refractivity contribution in [2.24, 2.45) is 0 Å². The number of hydrogen-bond donors (Lipinski definition) is 0. The molecule has 2 aromatic carbocycles. The van der Waals surface area contributed by atoms with Crippen molar-refractivity contribution in [1.29, 1.82) is 0 Å². The Hall–Kier alpha value is -2.56. The predicted octanol–water partition coefficient (Wildman–Crippen LogP) is 4.80. The summed E-state index contributed by atoms with van der Waals surface area (Å²) in [4.78, 5) is 11.5. The van der Waals surface area contributed by atoms with Gasteiger partial charge in [-0.05, 0) is 41.0 Å². The fraction of sp³-hybridized carbons (Fsp3) is 0.118. The number of ether oxygens (including phenoxy) is 1. The Kier molecular flexibility index (Phi) is 4.35. The minimum atomic E-state index is -4.49. The van der Waals surface area contributed by atoms with Gasteiger partial charge in [0, 0.05) is 0 Å². The third-order valence-corrected chi connectivity index (χ3v) is 3.18. The van der Waals surface area contributed by atoms with Gasteiger partial charge in [-0.1, -0.05) is 30.9 Å². The normalized spacial score (nSPS) is 11.1. The molecule has 0 aliphatic carbocycles. The monoisotopic (exact) mass is 306 g/mol. The van der Waals surface area contributed by atoms with Crippen LogP contribution in [0, 0.1) is 0 Å². The van der Waals surface area contributed by atoms with E-state index in [4.69, 9.17) is 0 Å². The Morgan fingerprint density at radius 3 is 2.50 bits per heavy atom. The molecule has 5 heteroatoms. The molecule has 0 aliphatic heterocycles. The van der Waals surface area contributed by atoms with Crippen LogP contribution in [-0.2, 0) is 10.9 Å². The largest absolute Gasteiger partial charge is 0.465 e. The fourth-order valence-corrected chi connectivity index (χ4v) is 2.11. The van der Waals surface area contributed by atoms with E-state index in [1.165, 1.54) is 49.6 Å². The molecule has 2 rings (SSSR count). The van der Waals surface area contributed by atoms with Crippen LogP contribution in [0.5, 0.6) is 0 Å². The molecule has 0 aromatic heterocycles. The van der Waals surface area contributed by atoms with Gasteiger partial charge in [-0.25, -0.2) is 4.79 Å². The molecule has 114 valence electrons.